The van der Waals surface area contributed by atoms with E-state index in [0.717, 1.165) is 22.0 Å². The molecule has 2 N–H and O–H groups in total. The second-order valence-electron chi connectivity index (χ2n) is 6.33. The molecule has 0 aliphatic carbocycles. The summed E-state index contributed by atoms with van der Waals surface area (Å²) in [4.78, 5) is 14.8. The Morgan fingerprint density at radius 3 is 2.77 bits per heavy atom. The molecule has 3 aromatic rings. The first-order chi connectivity index (χ1) is 12.6. The van der Waals surface area contributed by atoms with Gasteiger partial charge >= 0.3 is 0 Å². The van der Waals surface area contributed by atoms with Crippen LogP contribution in [0.4, 0.5) is 0 Å². The number of benzene rings is 2. The van der Waals surface area contributed by atoms with E-state index < -0.39 is 0 Å². The van der Waals surface area contributed by atoms with Gasteiger partial charge in [-0.15, -0.1) is 0 Å². The van der Waals surface area contributed by atoms with Crippen molar-refractivity contribution < 1.29 is 9.90 Å². The van der Waals surface area contributed by atoms with Gasteiger partial charge in [-0.2, -0.15) is 5.10 Å². The van der Waals surface area contributed by atoms with Crippen molar-refractivity contribution in [1.29, 1.82) is 0 Å². The number of carbonyl (C=O) groups excluding carboxylic acids is 1. The van der Waals surface area contributed by atoms with Gasteiger partial charge in [-0.1, -0.05) is 47.1 Å². The van der Waals surface area contributed by atoms with Gasteiger partial charge in [-0.05, 0) is 36.2 Å². The topological polar surface area (TPSA) is 69.2 Å². The van der Waals surface area contributed by atoms with Gasteiger partial charge in [-0.3, -0.25) is 9.89 Å². The number of para-hydroxylation sites is 1. The Kier molecular flexibility index (Phi) is 4.28. The average molecular weight is 412 g/mol. The quantitative estimate of drug-likeness (QED) is 0.663. The van der Waals surface area contributed by atoms with Crippen LogP contribution in [-0.2, 0) is 0 Å². The number of H-pyrrole nitrogens is 1. The summed E-state index contributed by atoms with van der Waals surface area (Å²) in [6, 6.07) is 14.8. The number of amides is 1. The van der Waals surface area contributed by atoms with Crippen molar-refractivity contribution in [3.63, 3.8) is 0 Å². The highest BCUT2D eigenvalue weighted by Gasteiger charge is 2.42. The normalized spacial score (nSPS) is 16.2. The lowest BCUT2D eigenvalue weighted by Crippen LogP contribution is -2.30. The molecule has 0 radical (unpaired) electrons. The van der Waals surface area contributed by atoms with Crippen LogP contribution >= 0.6 is 15.9 Å². The molecule has 0 saturated heterocycles. The van der Waals surface area contributed by atoms with Crippen molar-refractivity contribution in [1.82, 2.24) is 15.1 Å². The first-order valence-corrected chi connectivity index (χ1v) is 9.34. The van der Waals surface area contributed by atoms with Gasteiger partial charge in [0.15, 0.2) is 0 Å². The highest BCUT2D eigenvalue weighted by atomic mass is 79.9. The smallest absolute Gasteiger partial charge is 0.273 e. The fraction of sp³-hybridized carbons (Fsp3) is 0.200. The summed E-state index contributed by atoms with van der Waals surface area (Å²) in [5.74, 6) is 0.0946. The van der Waals surface area contributed by atoms with E-state index in [2.05, 4.69) is 33.1 Å². The van der Waals surface area contributed by atoms with Crippen LogP contribution in [0.25, 0.3) is 11.3 Å². The first kappa shape index (κ1) is 16.8. The Balaban J connectivity index is 1.93. The average Bonchev–Trinajstić information content (AvgIpc) is 3.16. The van der Waals surface area contributed by atoms with Crippen LogP contribution in [0.15, 0.2) is 53.0 Å². The van der Waals surface area contributed by atoms with Crippen molar-refractivity contribution >= 4 is 21.8 Å². The van der Waals surface area contributed by atoms with Crippen molar-refractivity contribution in [3.05, 3.63) is 69.8 Å². The van der Waals surface area contributed by atoms with E-state index in [1.165, 1.54) is 0 Å². The summed E-state index contributed by atoms with van der Waals surface area (Å²) in [5, 5.41) is 17.6. The molecular formula is C20H18BrN3O2. The predicted octanol–water partition coefficient (Wildman–Crippen LogP) is 4.50. The van der Waals surface area contributed by atoms with Gasteiger partial charge in [-0.25, -0.2) is 0 Å². The van der Waals surface area contributed by atoms with Crippen LogP contribution in [0, 0.1) is 0 Å². The standard InChI is InChI=1S/C20H18BrN3O2/c1-2-10-24-19(12-6-5-7-13(21)11-12)16-17(22-23-18(16)20(24)26)14-8-3-4-9-15(14)25/h3-9,11,19,25H,2,10H2,1H3,(H,22,23)/t19-/m0/s1. The maximum atomic E-state index is 13.0. The Labute approximate surface area is 159 Å². The van der Waals surface area contributed by atoms with Crippen molar-refractivity contribution in [2.75, 3.05) is 6.54 Å². The molecule has 1 aliphatic rings. The van der Waals surface area contributed by atoms with E-state index in [0.29, 0.717) is 23.5 Å². The zero-order valence-corrected chi connectivity index (χ0v) is 15.8. The molecule has 0 fully saturated rings. The maximum Gasteiger partial charge on any atom is 0.273 e. The summed E-state index contributed by atoms with van der Waals surface area (Å²) in [5.41, 5.74) is 3.58. The SMILES string of the molecule is CCCN1C(=O)c2[nH]nc(-c3ccccc3O)c2[C@@H]1c1cccc(Br)c1. The van der Waals surface area contributed by atoms with Crippen LogP contribution in [-0.4, -0.2) is 32.7 Å². The first-order valence-electron chi connectivity index (χ1n) is 8.55. The number of fused-ring (bicyclic) bond motifs is 1. The number of phenolic OH excluding ortho intramolecular Hbond substituents is 1. The number of rotatable bonds is 4. The lowest BCUT2D eigenvalue weighted by atomic mass is 9.96. The fourth-order valence-corrected chi connectivity index (χ4v) is 3.99. The third-order valence-corrected chi connectivity index (χ3v) is 5.15. The molecule has 1 amide bonds. The maximum absolute atomic E-state index is 13.0. The number of aromatic amines is 1. The summed E-state index contributed by atoms with van der Waals surface area (Å²) in [7, 11) is 0. The highest BCUT2D eigenvalue weighted by Crippen LogP contribution is 2.44. The summed E-state index contributed by atoms with van der Waals surface area (Å²) in [6.07, 6.45) is 0.861. The molecule has 0 saturated carbocycles. The minimum atomic E-state index is -0.233. The van der Waals surface area contributed by atoms with Crippen molar-refractivity contribution in [3.8, 4) is 17.0 Å². The molecule has 4 rings (SSSR count). The summed E-state index contributed by atoms with van der Waals surface area (Å²) in [6.45, 7) is 2.71. The van der Waals surface area contributed by atoms with E-state index in [-0.39, 0.29) is 17.7 Å². The fourth-order valence-electron chi connectivity index (χ4n) is 3.57. The molecule has 1 atom stereocenters. The monoisotopic (exact) mass is 411 g/mol. The number of nitrogens with zero attached hydrogens (tertiary/aromatic N) is 2. The number of carbonyl (C=O) groups is 1. The Morgan fingerprint density at radius 2 is 2.04 bits per heavy atom. The minimum absolute atomic E-state index is 0.0546. The zero-order chi connectivity index (χ0) is 18.3. The van der Waals surface area contributed by atoms with E-state index in [4.69, 9.17) is 0 Å². The van der Waals surface area contributed by atoms with E-state index in [1.807, 2.05) is 41.3 Å². The van der Waals surface area contributed by atoms with Crippen LogP contribution in [0.5, 0.6) is 5.75 Å². The number of phenols is 1. The van der Waals surface area contributed by atoms with Crippen LogP contribution in [0.1, 0.15) is 41.0 Å². The van der Waals surface area contributed by atoms with Crippen LogP contribution in [0.3, 0.4) is 0 Å². The highest BCUT2D eigenvalue weighted by molar-refractivity contribution is 9.10. The molecule has 1 aliphatic heterocycles. The van der Waals surface area contributed by atoms with Crippen molar-refractivity contribution in [2.24, 2.45) is 0 Å². The van der Waals surface area contributed by atoms with Crippen LogP contribution < -0.4 is 0 Å². The summed E-state index contributed by atoms with van der Waals surface area (Å²) < 4.78 is 0.958. The van der Waals surface area contributed by atoms with Gasteiger partial charge < -0.3 is 10.0 Å². The molecule has 5 nitrogen and oxygen atoms in total. The number of hydrogen-bond acceptors (Lipinski definition) is 3. The molecule has 26 heavy (non-hydrogen) atoms. The molecule has 0 spiro atoms. The van der Waals surface area contributed by atoms with Gasteiger partial charge in [0.1, 0.15) is 17.1 Å². The van der Waals surface area contributed by atoms with Crippen LogP contribution in [0.2, 0.25) is 0 Å². The zero-order valence-electron chi connectivity index (χ0n) is 14.2. The lowest BCUT2D eigenvalue weighted by Gasteiger charge is -2.26. The number of hydrogen-bond donors (Lipinski definition) is 2. The number of aromatic nitrogens is 2. The van der Waals surface area contributed by atoms with Gasteiger partial charge in [0.2, 0.25) is 0 Å². The third kappa shape index (κ3) is 2.61. The third-order valence-electron chi connectivity index (χ3n) is 4.65. The molecule has 0 bridgehead atoms. The van der Waals surface area contributed by atoms with Gasteiger partial charge in [0.05, 0.1) is 6.04 Å². The second-order valence-corrected chi connectivity index (χ2v) is 7.25. The molecule has 1 aromatic heterocycles. The molecular weight excluding hydrogens is 394 g/mol. The van der Waals surface area contributed by atoms with Crippen molar-refractivity contribution in [2.45, 2.75) is 19.4 Å². The molecule has 132 valence electrons. The van der Waals surface area contributed by atoms with Gasteiger partial charge in [0, 0.05) is 22.1 Å². The second kappa shape index (κ2) is 6.61. The van der Waals surface area contributed by atoms with E-state index in [1.54, 1.807) is 12.1 Å². The predicted molar refractivity (Wildman–Crippen MR) is 103 cm³/mol. The largest absolute Gasteiger partial charge is 0.507 e. The number of halogens is 1. The Morgan fingerprint density at radius 1 is 1.23 bits per heavy atom. The lowest BCUT2D eigenvalue weighted by molar-refractivity contribution is 0.0744. The van der Waals surface area contributed by atoms with E-state index >= 15 is 0 Å². The summed E-state index contributed by atoms with van der Waals surface area (Å²) >= 11 is 3.52. The minimum Gasteiger partial charge on any atom is -0.507 e. The Hall–Kier alpha value is -2.60. The molecule has 2 aromatic carbocycles. The molecule has 0 unspecified atom stereocenters. The number of aromatic hydroxyl groups is 1. The Bertz CT molecular complexity index is 983. The number of nitrogens with one attached hydrogen (secondary N) is 1. The van der Waals surface area contributed by atoms with E-state index in [9.17, 15) is 9.90 Å². The molecule has 2 heterocycles. The molecule has 6 heteroatoms. The van der Waals surface area contributed by atoms with Gasteiger partial charge in [0.25, 0.3) is 5.91 Å².